The molecule has 0 aliphatic carbocycles. The molecule has 0 unspecified atom stereocenters. The minimum absolute atomic E-state index is 0.0173. The highest BCUT2D eigenvalue weighted by Gasteiger charge is 2.33. The summed E-state index contributed by atoms with van der Waals surface area (Å²) in [5.41, 5.74) is 3.50. The van der Waals surface area contributed by atoms with Crippen LogP contribution in [-0.2, 0) is 20.1 Å². The third-order valence-electron chi connectivity index (χ3n) is 5.97. The number of imidazole rings is 1. The lowest BCUT2D eigenvalue weighted by Crippen LogP contribution is -2.25. The van der Waals surface area contributed by atoms with E-state index in [9.17, 15) is 4.79 Å². The van der Waals surface area contributed by atoms with Crippen molar-refractivity contribution in [3.8, 4) is 17.1 Å². The molecule has 5 rings (SSSR count). The summed E-state index contributed by atoms with van der Waals surface area (Å²) >= 11 is 0. The van der Waals surface area contributed by atoms with Gasteiger partial charge in [-0.1, -0.05) is 12.1 Å². The molecule has 1 aromatic carbocycles. The summed E-state index contributed by atoms with van der Waals surface area (Å²) in [6.45, 7) is 3.22. The predicted molar refractivity (Wildman–Crippen MR) is 114 cm³/mol. The summed E-state index contributed by atoms with van der Waals surface area (Å²) < 4.78 is 7.11. The Kier molecular flexibility index (Phi) is 4.65. The van der Waals surface area contributed by atoms with Crippen LogP contribution in [0, 0.1) is 0 Å². The first kappa shape index (κ1) is 18.7. The molecular formula is C23H25N5O2. The first-order valence-electron chi connectivity index (χ1n) is 10.3. The third-order valence-corrected chi connectivity index (χ3v) is 5.97. The Morgan fingerprint density at radius 3 is 2.47 bits per heavy atom. The van der Waals surface area contributed by atoms with E-state index >= 15 is 0 Å². The number of ether oxygens (including phenoxy) is 1. The number of hydrogen-bond donors (Lipinski definition) is 0. The fraction of sp³-hybridized carbons (Fsp3) is 0.348. The molecule has 1 saturated heterocycles. The van der Waals surface area contributed by atoms with Crippen molar-refractivity contribution in [1.29, 1.82) is 0 Å². The number of anilines is 1. The van der Waals surface area contributed by atoms with Crippen LogP contribution in [0.2, 0.25) is 0 Å². The third kappa shape index (κ3) is 3.20. The zero-order chi connectivity index (χ0) is 20.7. The molecule has 0 saturated carbocycles. The van der Waals surface area contributed by atoms with E-state index in [-0.39, 0.29) is 5.91 Å². The van der Waals surface area contributed by atoms with E-state index < -0.39 is 0 Å². The van der Waals surface area contributed by atoms with Gasteiger partial charge in [0.15, 0.2) is 0 Å². The number of carbonyl (C=O) groups excluding carboxylic acids is 1. The number of carbonyl (C=O) groups is 1. The number of nitrogens with zero attached hydrogens (tertiary/aromatic N) is 5. The molecule has 0 radical (unpaired) electrons. The summed E-state index contributed by atoms with van der Waals surface area (Å²) in [7, 11) is 3.55. The van der Waals surface area contributed by atoms with E-state index in [0.29, 0.717) is 18.8 Å². The monoisotopic (exact) mass is 403 g/mol. The highest BCUT2D eigenvalue weighted by Crippen LogP contribution is 2.30. The lowest BCUT2D eigenvalue weighted by Gasteiger charge is -2.17. The van der Waals surface area contributed by atoms with Gasteiger partial charge in [0.1, 0.15) is 23.1 Å². The molecule has 4 heterocycles. The van der Waals surface area contributed by atoms with Crippen LogP contribution in [0.25, 0.3) is 11.4 Å². The molecule has 2 aromatic heterocycles. The number of aromatic nitrogens is 3. The lowest BCUT2D eigenvalue weighted by atomic mass is 10.2. The molecule has 1 fully saturated rings. The number of methoxy groups -OCH3 is 1. The Morgan fingerprint density at radius 1 is 1.07 bits per heavy atom. The Balaban J connectivity index is 1.34. The standard InChI is InChI=1S/C23H25N5O2/c1-26-21-19(15-28(23(21)29)14-16-5-8-18(30-2)9-6-16)25-22(26)17-7-10-20(24-13-17)27-11-3-4-12-27/h5-10,13H,3-4,11-12,14-15H2,1-2H3. The van der Waals surface area contributed by atoms with Gasteiger partial charge >= 0.3 is 0 Å². The topological polar surface area (TPSA) is 63.5 Å². The van der Waals surface area contributed by atoms with Crippen LogP contribution in [0.1, 0.15) is 34.6 Å². The van der Waals surface area contributed by atoms with Crippen LogP contribution in [0.4, 0.5) is 5.82 Å². The van der Waals surface area contributed by atoms with Crippen LogP contribution < -0.4 is 9.64 Å². The Labute approximate surface area is 175 Å². The SMILES string of the molecule is COc1ccc(CN2Cc3nc(-c4ccc(N5CCCC5)nc4)n(C)c3C2=O)cc1. The van der Waals surface area contributed by atoms with Crippen molar-refractivity contribution in [1.82, 2.24) is 19.4 Å². The van der Waals surface area contributed by atoms with E-state index in [1.54, 1.807) is 7.11 Å². The zero-order valence-corrected chi connectivity index (χ0v) is 17.3. The van der Waals surface area contributed by atoms with E-state index in [1.807, 2.05) is 47.0 Å². The molecule has 0 bridgehead atoms. The van der Waals surface area contributed by atoms with Crippen molar-refractivity contribution < 1.29 is 9.53 Å². The molecule has 7 nitrogen and oxygen atoms in total. The number of rotatable bonds is 5. The van der Waals surface area contributed by atoms with Crippen LogP contribution in [0.5, 0.6) is 5.75 Å². The molecule has 154 valence electrons. The van der Waals surface area contributed by atoms with Gasteiger partial charge in [0, 0.05) is 38.4 Å². The second-order valence-electron chi connectivity index (χ2n) is 7.90. The number of benzene rings is 1. The molecule has 0 spiro atoms. The van der Waals surface area contributed by atoms with Gasteiger partial charge in [0.25, 0.3) is 5.91 Å². The predicted octanol–water partition coefficient (Wildman–Crippen LogP) is 3.25. The second kappa shape index (κ2) is 7.48. The first-order valence-corrected chi connectivity index (χ1v) is 10.3. The molecule has 7 heteroatoms. The van der Waals surface area contributed by atoms with Gasteiger partial charge in [-0.25, -0.2) is 9.97 Å². The van der Waals surface area contributed by atoms with Crippen molar-refractivity contribution >= 4 is 11.7 Å². The fourth-order valence-corrected chi connectivity index (χ4v) is 4.32. The lowest BCUT2D eigenvalue weighted by molar-refractivity contribution is 0.0757. The van der Waals surface area contributed by atoms with Crippen LogP contribution in [0.3, 0.4) is 0 Å². The summed E-state index contributed by atoms with van der Waals surface area (Å²) in [4.78, 5) is 26.6. The minimum atomic E-state index is 0.0173. The van der Waals surface area contributed by atoms with Gasteiger partial charge < -0.3 is 19.1 Å². The zero-order valence-electron chi connectivity index (χ0n) is 17.3. The summed E-state index contributed by atoms with van der Waals surface area (Å²) in [5, 5.41) is 0. The second-order valence-corrected chi connectivity index (χ2v) is 7.90. The fourth-order valence-electron chi connectivity index (χ4n) is 4.32. The normalized spacial score (nSPS) is 15.7. The van der Waals surface area contributed by atoms with E-state index in [0.717, 1.165) is 47.3 Å². The average Bonchev–Trinajstić information content (AvgIpc) is 3.48. The first-order chi connectivity index (χ1) is 14.6. The van der Waals surface area contributed by atoms with Gasteiger partial charge in [-0.3, -0.25) is 4.79 Å². The number of amides is 1. The number of pyridine rings is 1. The van der Waals surface area contributed by atoms with Gasteiger partial charge in [-0.2, -0.15) is 0 Å². The van der Waals surface area contributed by atoms with Crippen molar-refractivity contribution in [2.24, 2.45) is 7.05 Å². The average molecular weight is 403 g/mol. The van der Waals surface area contributed by atoms with Crippen LogP contribution in [-0.4, -0.2) is 45.5 Å². The van der Waals surface area contributed by atoms with Gasteiger partial charge in [0.05, 0.1) is 19.3 Å². The smallest absolute Gasteiger partial charge is 0.273 e. The summed E-state index contributed by atoms with van der Waals surface area (Å²) in [5.74, 6) is 2.63. The van der Waals surface area contributed by atoms with Gasteiger partial charge in [0.2, 0.25) is 0 Å². The van der Waals surface area contributed by atoms with Crippen LogP contribution >= 0.6 is 0 Å². The molecule has 2 aliphatic rings. The summed E-state index contributed by atoms with van der Waals surface area (Å²) in [6, 6.07) is 11.9. The van der Waals surface area contributed by atoms with E-state index in [1.165, 1.54) is 12.8 Å². The largest absolute Gasteiger partial charge is 0.497 e. The number of fused-ring (bicyclic) bond motifs is 1. The van der Waals surface area contributed by atoms with Crippen molar-refractivity contribution in [3.63, 3.8) is 0 Å². The van der Waals surface area contributed by atoms with Crippen LogP contribution in [0.15, 0.2) is 42.6 Å². The Morgan fingerprint density at radius 2 is 1.83 bits per heavy atom. The Bertz CT molecular complexity index is 1070. The van der Waals surface area contributed by atoms with Crippen molar-refractivity contribution in [2.45, 2.75) is 25.9 Å². The minimum Gasteiger partial charge on any atom is -0.497 e. The molecular weight excluding hydrogens is 378 g/mol. The highest BCUT2D eigenvalue weighted by molar-refractivity contribution is 5.97. The molecule has 0 N–H and O–H groups in total. The molecule has 30 heavy (non-hydrogen) atoms. The maximum atomic E-state index is 13.0. The maximum absolute atomic E-state index is 13.0. The van der Waals surface area contributed by atoms with Gasteiger partial charge in [-0.15, -0.1) is 0 Å². The van der Waals surface area contributed by atoms with Crippen molar-refractivity contribution in [3.05, 3.63) is 59.5 Å². The van der Waals surface area contributed by atoms with Crippen molar-refractivity contribution in [2.75, 3.05) is 25.1 Å². The van der Waals surface area contributed by atoms with Gasteiger partial charge in [-0.05, 0) is 42.7 Å². The molecule has 2 aliphatic heterocycles. The quantitative estimate of drug-likeness (QED) is 0.654. The number of hydrogen-bond acceptors (Lipinski definition) is 5. The van der Waals surface area contributed by atoms with E-state index in [2.05, 4.69) is 22.0 Å². The molecule has 0 atom stereocenters. The van der Waals surface area contributed by atoms with E-state index in [4.69, 9.17) is 9.72 Å². The Hall–Kier alpha value is -3.35. The molecule has 1 amide bonds. The summed E-state index contributed by atoms with van der Waals surface area (Å²) in [6.07, 6.45) is 4.32. The maximum Gasteiger partial charge on any atom is 0.273 e. The molecule has 3 aromatic rings. The highest BCUT2D eigenvalue weighted by atomic mass is 16.5.